The lowest BCUT2D eigenvalue weighted by Crippen LogP contribution is -2.39. The summed E-state index contributed by atoms with van der Waals surface area (Å²) < 4.78 is 5.23. The first kappa shape index (κ1) is 14.6. The van der Waals surface area contributed by atoms with E-state index in [9.17, 15) is 14.7 Å². The minimum absolute atomic E-state index is 0.0686. The maximum atomic E-state index is 12.0. The standard InChI is InChI=1S/C15H21NO4/c1-11(9-12-5-4-8-20-12)16-13(17)10-15(14(18)19)6-2-3-7-15/h4-5,8,11H,2-3,6-7,9-10H2,1H3,(H,16,17)(H,18,19). The molecule has 0 spiro atoms. The topological polar surface area (TPSA) is 79.5 Å². The van der Waals surface area contributed by atoms with Crippen molar-refractivity contribution in [2.75, 3.05) is 0 Å². The van der Waals surface area contributed by atoms with Crippen LogP contribution < -0.4 is 5.32 Å². The third-order valence-electron chi connectivity index (χ3n) is 4.01. The molecule has 2 rings (SSSR count). The van der Waals surface area contributed by atoms with Crippen molar-refractivity contribution in [2.24, 2.45) is 5.41 Å². The molecule has 0 saturated heterocycles. The molecule has 1 heterocycles. The summed E-state index contributed by atoms with van der Waals surface area (Å²) in [4.78, 5) is 23.4. The van der Waals surface area contributed by atoms with Gasteiger partial charge in [0.2, 0.25) is 5.91 Å². The summed E-state index contributed by atoms with van der Waals surface area (Å²) in [7, 11) is 0. The molecule has 1 aliphatic carbocycles. The number of rotatable bonds is 6. The Morgan fingerprint density at radius 2 is 2.15 bits per heavy atom. The average molecular weight is 279 g/mol. The molecule has 1 fully saturated rings. The van der Waals surface area contributed by atoms with E-state index in [2.05, 4.69) is 5.32 Å². The van der Waals surface area contributed by atoms with Gasteiger partial charge in [-0.25, -0.2) is 0 Å². The predicted molar refractivity (Wildman–Crippen MR) is 73.2 cm³/mol. The molecule has 5 heteroatoms. The van der Waals surface area contributed by atoms with E-state index in [0.29, 0.717) is 19.3 Å². The molecule has 5 nitrogen and oxygen atoms in total. The molecule has 1 unspecified atom stereocenters. The predicted octanol–water partition coefficient (Wildman–Crippen LogP) is 2.36. The van der Waals surface area contributed by atoms with Crippen LogP contribution in [0.3, 0.4) is 0 Å². The second-order valence-electron chi connectivity index (χ2n) is 5.72. The lowest BCUT2D eigenvalue weighted by molar-refractivity contribution is -0.151. The van der Waals surface area contributed by atoms with E-state index in [4.69, 9.17) is 4.42 Å². The minimum atomic E-state index is -0.853. The zero-order valence-electron chi connectivity index (χ0n) is 11.7. The zero-order valence-corrected chi connectivity index (χ0v) is 11.7. The van der Waals surface area contributed by atoms with Gasteiger partial charge in [-0.1, -0.05) is 12.8 Å². The molecule has 1 aromatic heterocycles. The molecule has 20 heavy (non-hydrogen) atoms. The first-order valence-electron chi connectivity index (χ1n) is 7.07. The van der Waals surface area contributed by atoms with E-state index in [0.717, 1.165) is 18.6 Å². The number of aliphatic carboxylic acids is 1. The van der Waals surface area contributed by atoms with E-state index in [1.807, 2.05) is 19.1 Å². The van der Waals surface area contributed by atoms with Crippen molar-refractivity contribution in [3.8, 4) is 0 Å². The summed E-state index contributed by atoms with van der Waals surface area (Å²) in [5, 5.41) is 12.2. The van der Waals surface area contributed by atoms with Gasteiger partial charge in [-0.15, -0.1) is 0 Å². The first-order valence-corrected chi connectivity index (χ1v) is 7.07. The van der Waals surface area contributed by atoms with Gasteiger partial charge in [-0.05, 0) is 31.9 Å². The van der Waals surface area contributed by atoms with Gasteiger partial charge < -0.3 is 14.8 Å². The molecule has 1 aromatic rings. The summed E-state index contributed by atoms with van der Waals surface area (Å²) in [5.74, 6) is -0.219. The summed E-state index contributed by atoms with van der Waals surface area (Å²) >= 11 is 0. The first-order chi connectivity index (χ1) is 9.52. The Hall–Kier alpha value is -1.78. The van der Waals surface area contributed by atoms with Crippen LogP contribution in [0.4, 0.5) is 0 Å². The number of furan rings is 1. The van der Waals surface area contributed by atoms with E-state index in [1.54, 1.807) is 6.26 Å². The maximum Gasteiger partial charge on any atom is 0.310 e. The largest absolute Gasteiger partial charge is 0.481 e. The summed E-state index contributed by atoms with van der Waals surface area (Å²) in [6.07, 6.45) is 5.26. The molecule has 1 saturated carbocycles. The lowest BCUT2D eigenvalue weighted by Gasteiger charge is -2.24. The molecular weight excluding hydrogens is 258 g/mol. The third kappa shape index (κ3) is 3.40. The Labute approximate surface area is 118 Å². The van der Waals surface area contributed by atoms with Crippen molar-refractivity contribution in [3.05, 3.63) is 24.2 Å². The van der Waals surface area contributed by atoms with Crippen LogP contribution in [0.5, 0.6) is 0 Å². The van der Waals surface area contributed by atoms with Crippen LogP contribution in [0.1, 0.15) is 44.8 Å². The molecule has 110 valence electrons. The molecule has 1 atom stereocenters. The average Bonchev–Trinajstić information content (AvgIpc) is 3.00. The van der Waals surface area contributed by atoms with Gasteiger partial charge in [-0.2, -0.15) is 0 Å². The van der Waals surface area contributed by atoms with E-state index in [-0.39, 0.29) is 18.4 Å². The Morgan fingerprint density at radius 1 is 1.45 bits per heavy atom. The quantitative estimate of drug-likeness (QED) is 0.837. The molecule has 0 bridgehead atoms. The monoisotopic (exact) mass is 279 g/mol. The zero-order chi connectivity index (χ0) is 14.6. The number of carboxylic acids is 1. The van der Waals surface area contributed by atoms with Crippen molar-refractivity contribution in [1.82, 2.24) is 5.32 Å². The van der Waals surface area contributed by atoms with Gasteiger partial charge >= 0.3 is 5.97 Å². The normalized spacial score (nSPS) is 18.6. The second kappa shape index (κ2) is 6.11. The minimum Gasteiger partial charge on any atom is -0.481 e. The van der Waals surface area contributed by atoms with Crippen molar-refractivity contribution in [3.63, 3.8) is 0 Å². The van der Waals surface area contributed by atoms with Crippen molar-refractivity contribution >= 4 is 11.9 Å². The van der Waals surface area contributed by atoms with Crippen LogP contribution in [0.25, 0.3) is 0 Å². The van der Waals surface area contributed by atoms with Gasteiger partial charge in [-0.3, -0.25) is 9.59 Å². The molecule has 0 aliphatic heterocycles. The van der Waals surface area contributed by atoms with Crippen LogP contribution >= 0.6 is 0 Å². The second-order valence-corrected chi connectivity index (χ2v) is 5.72. The smallest absolute Gasteiger partial charge is 0.310 e. The van der Waals surface area contributed by atoms with Gasteiger partial charge in [0.25, 0.3) is 0 Å². The van der Waals surface area contributed by atoms with Gasteiger partial charge in [0.1, 0.15) is 5.76 Å². The Bertz CT molecular complexity index is 460. The van der Waals surface area contributed by atoms with Crippen molar-refractivity contribution in [2.45, 2.75) is 51.5 Å². The molecule has 0 radical (unpaired) electrons. The number of hydrogen-bond donors (Lipinski definition) is 2. The SMILES string of the molecule is CC(Cc1ccco1)NC(=O)CC1(C(=O)O)CCCC1. The van der Waals surface area contributed by atoms with Crippen LogP contribution in [-0.2, 0) is 16.0 Å². The fourth-order valence-corrected chi connectivity index (χ4v) is 2.93. The fraction of sp³-hybridized carbons (Fsp3) is 0.600. The van der Waals surface area contributed by atoms with E-state index in [1.165, 1.54) is 0 Å². The highest BCUT2D eigenvalue weighted by atomic mass is 16.4. The van der Waals surface area contributed by atoms with Gasteiger partial charge in [0.15, 0.2) is 0 Å². The number of carbonyl (C=O) groups is 2. The highest BCUT2D eigenvalue weighted by Crippen LogP contribution is 2.41. The highest BCUT2D eigenvalue weighted by molar-refractivity contribution is 5.85. The Kier molecular flexibility index (Phi) is 4.47. The van der Waals surface area contributed by atoms with Crippen molar-refractivity contribution < 1.29 is 19.1 Å². The maximum absolute atomic E-state index is 12.0. The van der Waals surface area contributed by atoms with Gasteiger partial charge in [0.05, 0.1) is 11.7 Å². The Balaban J connectivity index is 1.86. The summed E-state index contributed by atoms with van der Waals surface area (Å²) in [6.45, 7) is 1.89. The number of carbonyl (C=O) groups excluding carboxylic acids is 1. The third-order valence-corrected chi connectivity index (χ3v) is 4.01. The number of carboxylic acid groups (broad SMARTS) is 1. The number of amides is 1. The Morgan fingerprint density at radius 3 is 2.70 bits per heavy atom. The molecular formula is C15H21NO4. The van der Waals surface area contributed by atoms with E-state index >= 15 is 0 Å². The van der Waals surface area contributed by atoms with Gasteiger partial charge in [0, 0.05) is 18.9 Å². The van der Waals surface area contributed by atoms with Crippen LogP contribution in [0, 0.1) is 5.41 Å². The molecule has 1 aliphatic rings. The van der Waals surface area contributed by atoms with Crippen LogP contribution in [-0.4, -0.2) is 23.0 Å². The van der Waals surface area contributed by atoms with E-state index < -0.39 is 11.4 Å². The lowest BCUT2D eigenvalue weighted by atomic mass is 9.82. The van der Waals surface area contributed by atoms with Crippen LogP contribution in [0.2, 0.25) is 0 Å². The molecule has 1 amide bonds. The molecule has 0 aromatic carbocycles. The number of hydrogen-bond acceptors (Lipinski definition) is 3. The summed E-state index contributed by atoms with van der Waals surface area (Å²) in [6, 6.07) is 3.60. The highest BCUT2D eigenvalue weighted by Gasteiger charge is 2.43. The number of nitrogens with one attached hydrogen (secondary N) is 1. The summed E-state index contributed by atoms with van der Waals surface area (Å²) in [5.41, 5.74) is -0.853. The van der Waals surface area contributed by atoms with Crippen LogP contribution in [0.15, 0.2) is 22.8 Å². The molecule has 2 N–H and O–H groups in total. The van der Waals surface area contributed by atoms with Crippen molar-refractivity contribution in [1.29, 1.82) is 0 Å². The fourth-order valence-electron chi connectivity index (χ4n) is 2.93.